The molecule has 1 aromatic heterocycles. The zero-order valence-corrected chi connectivity index (χ0v) is 12.6. The summed E-state index contributed by atoms with van der Waals surface area (Å²) < 4.78 is 0. The molecular weight excluding hydrogens is 318 g/mol. The zero-order chi connectivity index (χ0) is 14.3. The van der Waals surface area contributed by atoms with Gasteiger partial charge in [-0.05, 0) is 6.08 Å². The molecule has 9 heteroatoms. The number of rotatable bonds is 4. The van der Waals surface area contributed by atoms with Crippen molar-refractivity contribution in [1.82, 2.24) is 9.88 Å². The second kappa shape index (κ2) is 5.30. The highest BCUT2D eigenvalue weighted by Gasteiger charge is 2.45. The molecule has 2 aliphatic heterocycles. The Kier molecular flexibility index (Phi) is 3.65. The SMILES string of the molecule is Nc1nc(SCC2C=C(C(=O)O)N3C(=O)C[C@@H]3S2)cs1. The largest absolute Gasteiger partial charge is 0.477 e. The van der Waals surface area contributed by atoms with Gasteiger partial charge in [0, 0.05) is 16.4 Å². The van der Waals surface area contributed by atoms with Gasteiger partial charge in [-0.15, -0.1) is 34.9 Å². The number of fused-ring (bicyclic) bond motifs is 1. The van der Waals surface area contributed by atoms with Crippen LogP contribution in [0.1, 0.15) is 6.42 Å². The number of carboxylic acid groups (broad SMARTS) is 1. The number of carbonyl (C=O) groups excluding carboxylic acids is 1. The number of amides is 1. The van der Waals surface area contributed by atoms with E-state index in [0.717, 1.165) is 5.03 Å². The van der Waals surface area contributed by atoms with Gasteiger partial charge < -0.3 is 10.8 Å². The molecule has 3 heterocycles. The van der Waals surface area contributed by atoms with Crippen molar-refractivity contribution in [3.8, 4) is 0 Å². The van der Waals surface area contributed by atoms with Crippen LogP contribution in [0.4, 0.5) is 5.13 Å². The average Bonchev–Trinajstić information content (AvgIpc) is 2.80. The van der Waals surface area contributed by atoms with Crippen molar-refractivity contribution >= 4 is 51.9 Å². The number of β-lactam (4-membered cyclic amide) rings is 1. The normalized spacial score (nSPS) is 24.9. The minimum atomic E-state index is -1.05. The lowest BCUT2D eigenvalue weighted by molar-refractivity contribution is -0.146. The third kappa shape index (κ3) is 2.52. The standard InChI is InChI=1S/C11H11N3O3S3/c12-11-13-7(4-19-11)18-3-5-1-6(10(16)17)14-8(15)2-9(14)20-5/h1,4-5,9H,2-3H2,(H2,12,13)(H,16,17)/t5?,9-/m0/s1. The predicted octanol–water partition coefficient (Wildman–Crippen LogP) is 1.46. The number of carbonyl (C=O) groups is 2. The first-order valence-electron chi connectivity index (χ1n) is 5.81. The van der Waals surface area contributed by atoms with E-state index in [1.165, 1.54) is 16.2 Å². The Morgan fingerprint density at radius 2 is 2.45 bits per heavy atom. The van der Waals surface area contributed by atoms with Crippen LogP contribution in [0, 0.1) is 0 Å². The molecule has 3 N–H and O–H groups in total. The molecule has 6 nitrogen and oxygen atoms in total. The first kappa shape index (κ1) is 13.8. The highest BCUT2D eigenvalue weighted by atomic mass is 32.2. The van der Waals surface area contributed by atoms with Gasteiger partial charge >= 0.3 is 5.97 Å². The second-order valence-corrected chi connectivity index (χ2v) is 7.64. The molecular formula is C11H11N3O3S3. The first-order valence-corrected chi connectivity index (χ1v) is 8.62. The fourth-order valence-corrected chi connectivity index (χ4v) is 5.27. The monoisotopic (exact) mass is 329 g/mol. The van der Waals surface area contributed by atoms with Gasteiger partial charge in [-0.2, -0.15) is 0 Å². The predicted molar refractivity (Wildman–Crippen MR) is 79.6 cm³/mol. The molecule has 0 saturated carbocycles. The molecule has 20 heavy (non-hydrogen) atoms. The quantitative estimate of drug-likeness (QED) is 0.637. The van der Waals surface area contributed by atoms with Crippen LogP contribution in [0.5, 0.6) is 0 Å². The van der Waals surface area contributed by atoms with Gasteiger partial charge in [-0.25, -0.2) is 9.78 Å². The molecule has 2 atom stereocenters. The number of aromatic nitrogens is 1. The van der Waals surface area contributed by atoms with Crippen molar-refractivity contribution in [2.45, 2.75) is 22.1 Å². The minimum absolute atomic E-state index is 0.0373. The highest BCUT2D eigenvalue weighted by Crippen LogP contribution is 2.42. The Balaban J connectivity index is 1.69. The highest BCUT2D eigenvalue weighted by molar-refractivity contribution is 8.03. The van der Waals surface area contributed by atoms with Crippen molar-refractivity contribution in [2.24, 2.45) is 0 Å². The molecule has 1 aromatic rings. The third-order valence-electron chi connectivity index (χ3n) is 2.96. The molecule has 0 aromatic carbocycles. The summed E-state index contributed by atoms with van der Waals surface area (Å²) in [6, 6.07) is 0. The van der Waals surface area contributed by atoms with E-state index in [9.17, 15) is 14.7 Å². The number of nitrogens with two attached hydrogens (primary N) is 1. The maximum absolute atomic E-state index is 11.4. The maximum atomic E-state index is 11.4. The molecule has 1 saturated heterocycles. The van der Waals surface area contributed by atoms with E-state index in [2.05, 4.69) is 4.98 Å². The molecule has 0 radical (unpaired) electrons. The number of nitrogens with zero attached hydrogens (tertiary/aromatic N) is 2. The summed E-state index contributed by atoms with van der Waals surface area (Å²) in [6.07, 6.45) is 2.07. The topological polar surface area (TPSA) is 96.5 Å². The molecule has 0 spiro atoms. The van der Waals surface area contributed by atoms with Crippen LogP contribution >= 0.6 is 34.9 Å². The second-order valence-electron chi connectivity index (χ2n) is 4.29. The molecule has 2 aliphatic rings. The van der Waals surface area contributed by atoms with Crippen molar-refractivity contribution < 1.29 is 14.7 Å². The van der Waals surface area contributed by atoms with Crippen LogP contribution in [0.15, 0.2) is 22.2 Å². The number of hydrogen-bond donors (Lipinski definition) is 2. The summed E-state index contributed by atoms with van der Waals surface area (Å²) in [6.45, 7) is 0. The van der Waals surface area contributed by atoms with Gasteiger partial charge in [-0.1, -0.05) is 0 Å². The Labute approximate surface area is 127 Å². The summed E-state index contributed by atoms with van der Waals surface area (Å²) in [5.41, 5.74) is 5.67. The van der Waals surface area contributed by atoms with Crippen LogP contribution in [0.3, 0.4) is 0 Å². The lowest BCUT2D eigenvalue weighted by Crippen LogP contribution is -2.54. The van der Waals surface area contributed by atoms with E-state index in [1.807, 2.05) is 5.38 Å². The van der Waals surface area contributed by atoms with Crippen LogP contribution in [-0.2, 0) is 9.59 Å². The molecule has 0 bridgehead atoms. The first-order chi connectivity index (χ1) is 9.54. The average molecular weight is 329 g/mol. The van der Waals surface area contributed by atoms with Crippen molar-refractivity contribution in [1.29, 1.82) is 0 Å². The third-order valence-corrected chi connectivity index (χ3v) is 6.37. The van der Waals surface area contributed by atoms with E-state index in [0.29, 0.717) is 17.3 Å². The lowest BCUT2D eigenvalue weighted by atomic mass is 10.1. The van der Waals surface area contributed by atoms with Crippen LogP contribution < -0.4 is 5.73 Å². The summed E-state index contributed by atoms with van der Waals surface area (Å²) in [7, 11) is 0. The number of thiazole rings is 1. The van der Waals surface area contributed by atoms with Gasteiger partial charge in [0.05, 0.1) is 11.8 Å². The molecule has 1 amide bonds. The fraction of sp³-hybridized carbons (Fsp3) is 0.364. The summed E-state index contributed by atoms with van der Waals surface area (Å²) >= 11 is 4.55. The number of hydrogen-bond acceptors (Lipinski definition) is 7. The van der Waals surface area contributed by atoms with Crippen molar-refractivity contribution in [3.05, 3.63) is 17.2 Å². The molecule has 1 fully saturated rings. The van der Waals surface area contributed by atoms with Gasteiger partial charge in [0.2, 0.25) is 5.91 Å². The number of thioether (sulfide) groups is 2. The van der Waals surface area contributed by atoms with Crippen LogP contribution in [0.2, 0.25) is 0 Å². The molecule has 3 rings (SSSR count). The minimum Gasteiger partial charge on any atom is -0.477 e. The summed E-state index contributed by atoms with van der Waals surface area (Å²) in [5.74, 6) is -0.450. The van der Waals surface area contributed by atoms with Crippen LogP contribution in [-0.4, -0.2) is 43.2 Å². The van der Waals surface area contributed by atoms with Gasteiger partial charge in [0.15, 0.2) is 5.13 Å². The molecule has 106 valence electrons. The van der Waals surface area contributed by atoms with E-state index < -0.39 is 5.97 Å². The number of carboxylic acids is 1. The van der Waals surface area contributed by atoms with E-state index in [1.54, 1.807) is 29.6 Å². The Bertz CT molecular complexity index is 601. The van der Waals surface area contributed by atoms with Gasteiger partial charge in [0.25, 0.3) is 0 Å². The van der Waals surface area contributed by atoms with Crippen molar-refractivity contribution in [3.63, 3.8) is 0 Å². The van der Waals surface area contributed by atoms with E-state index in [-0.39, 0.29) is 22.2 Å². The molecule has 0 aliphatic carbocycles. The smallest absolute Gasteiger partial charge is 0.352 e. The Morgan fingerprint density at radius 3 is 3.05 bits per heavy atom. The van der Waals surface area contributed by atoms with Crippen LogP contribution in [0.25, 0.3) is 0 Å². The van der Waals surface area contributed by atoms with Crippen molar-refractivity contribution in [2.75, 3.05) is 11.5 Å². The molecule has 1 unspecified atom stereocenters. The number of anilines is 1. The van der Waals surface area contributed by atoms with E-state index >= 15 is 0 Å². The summed E-state index contributed by atoms with van der Waals surface area (Å²) in [5, 5.41) is 12.5. The maximum Gasteiger partial charge on any atom is 0.352 e. The number of aliphatic carboxylic acids is 1. The summed E-state index contributed by atoms with van der Waals surface area (Å²) in [4.78, 5) is 28.2. The van der Waals surface area contributed by atoms with E-state index in [4.69, 9.17) is 5.73 Å². The zero-order valence-electron chi connectivity index (χ0n) is 10.2. The lowest BCUT2D eigenvalue weighted by Gasteiger charge is -2.44. The Hall–Kier alpha value is -1.19. The number of nitrogen functional groups attached to an aromatic ring is 1. The van der Waals surface area contributed by atoms with Gasteiger partial charge in [0.1, 0.15) is 10.7 Å². The Morgan fingerprint density at radius 1 is 1.65 bits per heavy atom. The van der Waals surface area contributed by atoms with Gasteiger partial charge in [-0.3, -0.25) is 9.69 Å². The fourth-order valence-electron chi connectivity index (χ4n) is 2.05.